The van der Waals surface area contributed by atoms with Crippen LogP contribution in [0.2, 0.25) is 0 Å². The molecule has 0 fully saturated rings. The lowest BCUT2D eigenvalue weighted by atomic mass is 10.0. The molecular formula is C34H68NO8P. The van der Waals surface area contributed by atoms with Gasteiger partial charge in [-0.1, -0.05) is 129 Å². The van der Waals surface area contributed by atoms with Crippen molar-refractivity contribution in [2.45, 2.75) is 161 Å². The van der Waals surface area contributed by atoms with Crippen molar-refractivity contribution in [3.05, 3.63) is 0 Å². The SMILES string of the molecule is CCCCCCCCCCCCCCCC(=O)OC[C@@H](COP(=O)([O-])OCC[N+](C)(C)C)OC(=O)CCCCCCCCC. The Bertz CT molecular complexity index is 743. The summed E-state index contributed by atoms with van der Waals surface area (Å²) >= 11 is 0. The minimum Gasteiger partial charge on any atom is -0.756 e. The third kappa shape index (κ3) is 31.0. The van der Waals surface area contributed by atoms with Gasteiger partial charge in [0.15, 0.2) is 6.10 Å². The molecule has 0 heterocycles. The predicted molar refractivity (Wildman–Crippen MR) is 176 cm³/mol. The minimum atomic E-state index is -4.60. The van der Waals surface area contributed by atoms with E-state index in [0.29, 0.717) is 17.4 Å². The van der Waals surface area contributed by atoms with Gasteiger partial charge in [0.1, 0.15) is 19.8 Å². The summed E-state index contributed by atoms with van der Waals surface area (Å²) in [6.07, 6.45) is 22.9. The van der Waals surface area contributed by atoms with Gasteiger partial charge in [-0.05, 0) is 12.8 Å². The average molecular weight is 650 g/mol. The van der Waals surface area contributed by atoms with E-state index in [1.165, 1.54) is 83.5 Å². The zero-order valence-electron chi connectivity index (χ0n) is 29.1. The van der Waals surface area contributed by atoms with Crippen molar-refractivity contribution in [1.29, 1.82) is 0 Å². The van der Waals surface area contributed by atoms with Gasteiger partial charge in [-0.2, -0.15) is 0 Å². The highest BCUT2D eigenvalue weighted by molar-refractivity contribution is 7.45. The molecule has 44 heavy (non-hydrogen) atoms. The molecule has 0 aliphatic carbocycles. The van der Waals surface area contributed by atoms with Crippen molar-refractivity contribution in [3.63, 3.8) is 0 Å². The Morgan fingerprint density at radius 3 is 1.45 bits per heavy atom. The maximum atomic E-state index is 12.5. The minimum absolute atomic E-state index is 0.0267. The number of esters is 2. The van der Waals surface area contributed by atoms with Crippen LogP contribution in [0.25, 0.3) is 0 Å². The van der Waals surface area contributed by atoms with Crippen molar-refractivity contribution < 1.29 is 42.1 Å². The van der Waals surface area contributed by atoms with Crippen LogP contribution in [0.5, 0.6) is 0 Å². The number of hydrogen-bond acceptors (Lipinski definition) is 8. The Kier molecular flexibility index (Phi) is 27.6. The van der Waals surface area contributed by atoms with Crippen LogP contribution in [-0.4, -0.2) is 70.0 Å². The third-order valence-corrected chi connectivity index (χ3v) is 8.59. The number of quaternary nitrogens is 1. The van der Waals surface area contributed by atoms with Crippen LogP contribution in [0, 0.1) is 0 Å². The molecule has 262 valence electrons. The van der Waals surface area contributed by atoms with Crippen LogP contribution in [0.3, 0.4) is 0 Å². The fourth-order valence-electron chi connectivity index (χ4n) is 4.77. The molecule has 0 aliphatic heterocycles. The van der Waals surface area contributed by atoms with E-state index in [4.69, 9.17) is 18.5 Å². The first-order valence-corrected chi connectivity index (χ1v) is 19.2. The predicted octanol–water partition coefficient (Wildman–Crippen LogP) is 8.27. The molecule has 0 aromatic carbocycles. The van der Waals surface area contributed by atoms with Gasteiger partial charge in [0.25, 0.3) is 7.82 Å². The van der Waals surface area contributed by atoms with E-state index in [2.05, 4.69) is 13.8 Å². The fourth-order valence-corrected chi connectivity index (χ4v) is 5.50. The molecule has 0 N–H and O–H groups in total. The van der Waals surface area contributed by atoms with Crippen molar-refractivity contribution >= 4 is 19.8 Å². The van der Waals surface area contributed by atoms with Gasteiger partial charge in [-0.25, -0.2) is 0 Å². The van der Waals surface area contributed by atoms with Gasteiger partial charge in [-0.3, -0.25) is 14.2 Å². The number of likely N-dealkylation sites (N-methyl/N-ethyl adjacent to an activating group) is 1. The van der Waals surface area contributed by atoms with Crippen LogP contribution in [0.1, 0.15) is 155 Å². The van der Waals surface area contributed by atoms with E-state index in [-0.39, 0.29) is 32.0 Å². The second-order valence-corrected chi connectivity index (χ2v) is 14.7. The molecule has 2 atom stereocenters. The molecule has 0 aromatic rings. The van der Waals surface area contributed by atoms with E-state index >= 15 is 0 Å². The molecule has 0 spiro atoms. The molecule has 0 radical (unpaired) electrons. The first-order valence-electron chi connectivity index (χ1n) is 17.7. The Morgan fingerprint density at radius 1 is 0.614 bits per heavy atom. The lowest BCUT2D eigenvalue weighted by Crippen LogP contribution is -2.37. The van der Waals surface area contributed by atoms with Crippen molar-refractivity contribution in [2.75, 3.05) is 47.5 Å². The maximum Gasteiger partial charge on any atom is 0.306 e. The van der Waals surface area contributed by atoms with Crippen LogP contribution in [-0.2, 0) is 32.7 Å². The molecule has 0 bridgehead atoms. The second-order valence-electron chi connectivity index (χ2n) is 13.2. The molecule has 0 aliphatic rings. The average Bonchev–Trinajstić information content (AvgIpc) is 2.95. The molecule has 9 nitrogen and oxygen atoms in total. The molecular weight excluding hydrogens is 581 g/mol. The van der Waals surface area contributed by atoms with Gasteiger partial charge in [0.05, 0.1) is 27.7 Å². The lowest BCUT2D eigenvalue weighted by Gasteiger charge is -2.28. The molecule has 0 saturated heterocycles. The van der Waals surface area contributed by atoms with Crippen LogP contribution < -0.4 is 4.89 Å². The van der Waals surface area contributed by atoms with E-state index in [9.17, 15) is 19.0 Å². The van der Waals surface area contributed by atoms with E-state index < -0.39 is 26.5 Å². The van der Waals surface area contributed by atoms with Gasteiger partial charge < -0.3 is 27.9 Å². The normalized spacial score (nSPS) is 13.9. The van der Waals surface area contributed by atoms with Gasteiger partial charge in [0, 0.05) is 12.8 Å². The van der Waals surface area contributed by atoms with Crippen molar-refractivity contribution in [3.8, 4) is 0 Å². The largest absolute Gasteiger partial charge is 0.756 e. The summed E-state index contributed by atoms with van der Waals surface area (Å²) in [5, 5.41) is 0. The summed E-state index contributed by atoms with van der Waals surface area (Å²) in [5.74, 6) is -0.836. The Labute approximate surface area is 270 Å². The first kappa shape index (κ1) is 43.0. The Hall–Kier alpha value is -0.990. The molecule has 0 amide bonds. The second kappa shape index (κ2) is 28.3. The monoisotopic (exact) mass is 649 g/mol. The lowest BCUT2D eigenvalue weighted by molar-refractivity contribution is -0.870. The van der Waals surface area contributed by atoms with Crippen molar-refractivity contribution in [2.24, 2.45) is 0 Å². The summed E-state index contributed by atoms with van der Waals surface area (Å²) in [6, 6.07) is 0. The molecule has 0 aromatic heterocycles. The topological polar surface area (TPSA) is 111 Å². The van der Waals surface area contributed by atoms with E-state index in [1.807, 2.05) is 21.1 Å². The third-order valence-electron chi connectivity index (χ3n) is 7.63. The molecule has 0 rings (SSSR count). The summed E-state index contributed by atoms with van der Waals surface area (Å²) in [6.45, 7) is 4.16. The number of carbonyl (C=O) groups is 2. The van der Waals surface area contributed by atoms with Crippen molar-refractivity contribution in [1.82, 2.24) is 0 Å². The summed E-state index contributed by atoms with van der Waals surface area (Å²) in [4.78, 5) is 37.0. The number of unbranched alkanes of at least 4 members (excludes halogenated alkanes) is 18. The molecule has 0 saturated carbocycles. The van der Waals surface area contributed by atoms with Gasteiger partial charge >= 0.3 is 11.9 Å². The quantitative estimate of drug-likeness (QED) is 0.0310. The zero-order valence-corrected chi connectivity index (χ0v) is 30.0. The molecule has 1 unspecified atom stereocenters. The van der Waals surface area contributed by atoms with Crippen LogP contribution in [0.4, 0.5) is 0 Å². The van der Waals surface area contributed by atoms with Gasteiger partial charge in [0.2, 0.25) is 0 Å². The number of phosphoric acid groups is 1. The van der Waals surface area contributed by atoms with E-state index in [1.54, 1.807) is 0 Å². The number of carbonyl (C=O) groups excluding carboxylic acids is 2. The smallest absolute Gasteiger partial charge is 0.306 e. The standard InChI is InChI=1S/C34H68NO8P/c1-6-8-10-12-14-15-16-17-18-19-21-22-24-26-33(36)40-30-32(31-42-44(38,39)41-29-28-35(3,4)5)43-34(37)27-25-23-20-13-11-9-7-2/h32H,6-31H2,1-5H3/t32-/m0/s1. The van der Waals surface area contributed by atoms with Crippen LogP contribution >= 0.6 is 7.82 Å². The Balaban J connectivity index is 4.39. The van der Waals surface area contributed by atoms with Gasteiger partial charge in [-0.15, -0.1) is 0 Å². The highest BCUT2D eigenvalue weighted by atomic mass is 31.2. The summed E-state index contributed by atoms with van der Waals surface area (Å²) in [5.41, 5.74) is 0. The molecule has 10 heteroatoms. The number of ether oxygens (including phenoxy) is 2. The zero-order chi connectivity index (χ0) is 32.9. The van der Waals surface area contributed by atoms with Crippen LogP contribution in [0.15, 0.2) is 0 Å². The van der Waals surface area contributed by atoms with E-state index in [0.717, 1.165) is 38.5 Å². The highest BCUT2D eigenvalue weighted by Gasteiger charge is 2.21. The fraction of sp³-hybridized carbons (Fsp3) is 0.941. The highest BCUT2D eigenvalue weighted by Crippen LogP contribution is 2.38. The number of nitrogens with zero attached hydrogens (tertiary/aromatic N) is 1. The summed E-state index contributed by atoms with van der Waals surface area (Å²) in [7, 11) is 1.17. The number of hydrogen-bond donors (Lipinski definition) is 0. The number of phosphoric ester groups is 1. The first-order chi connectivity index (χ1) is 21.0. The maximum absolute atomic E-state index is 12.5. The Morgan fingerprint density at radius 2 is 1.02 bits per heavy atom. The number of rotatable bonds is 32. The summed E-state index contributed by atoms with van der Waals surface area (Å²) < 4.78 is 33.5.